The maximum absolute atomic E-state index is 12.5. The highest BCUT2D eigenvalue weighted by atomic mass is 35.5. The van der Waals surface area contributed by atoms with Gasteiger partial charge in [-0.25, -0.2) is 5.01 Å². The molecule has 0 bridgehead atoms. The third-order valence-electron chi connectivity index (χ3n) is 2.71. The average Bonchev–Trinajstić information content (AvgIpc) is 2.48. The summed E-state index contributed by atoms with van der Waals surface area (Å²) in [7, 11) is 0. The molecule has 0 saturated heterocycles. The second-order valence-electron chi connectivity index (χ2n) is 4.56. The van der Waals surface area contributed by atoms with Gasteiger partial charge in [0.1, 0.15) is 0 Å². The van der Waals surface area contributed by atoms with Crippen molar-refractivity contribution in [3.05, 3.63) is 29.3 Å². The Morgan fingerprint density at radius 2 is 2.09 bits per heavy atom. The van der Waals surface area contributed by atoms with Crippen LogP contribution >= 0.6 is 23.8 Å². The maximum atomic E-state index is 12.5. The van der Waals surface area contributed by atoms with Gasteiger partial charge in [0.15, 0.2) is 5.11 Å². The monoisotopic (exact) mass is 362 g/mol. The molecule has 9 heteroatoms. The van der Waals surface area contributed by atoms with E-state index in [1.165, 1.54) is 0 Å². The third kappa shape index (κ3) is 6.84. The first kappa shape index (κ1) is 19.2. The highest BCUT2D eigenvalue weighted by molar-refractivity contribution is 7.80. The maximum Gasteiger partial charge on any atom is 0.396 e. The summed E-state index contributed by atoms with van der Waals surface area (Å²) in [6, 6.07) is 8.51. The van der Waals surface area contributed by atoms with Crippen LogP contribution in [0.25, 0.3) is 0 Å². The normalized spacial score (nSPS) is 12.7. The number of anilines is 1. The summed E-state index contributed by atoms with van der Waals surface area (Å²) in [5, 5.41) is 17.0. The molecule has 124 valence electrons. The van der Waals surface area contributed by atoms with Crippen LogP contribution in [0.2, 0.25) is 5.02 Å². The van der Waals surface area contributed by atoms with Gasteiger partial charge in [-0.1, -0.05) is 11.6 Å². The van der Waals surface area contributed by atoms with E-state index in [1.807, 2.05) is 6.07 Å². The Bertz CT molecular complexity index is 596. The minimum absolute atomic E-state index is 0.0696. The van der Waals surface area contributed by atoms with Crippen LogP contribution in [0, 0.1) is 17.2 Å². The van der Waals surface area contributed by atoms with Crippen LogP contribution in [0.4, 0.5) is 18.9 Å². The molecule has 0 radical (unpaired) electrons. The van der Waals surface area contributed by atoms with Crippen molar-refractivity contribution in [2.24, 2.45) is 11.0 Å². The number of halogens is 4. The van der Waals surface area contributed by atoms with Gasteiger partial charge >= 0.3 is 6.18 Å². The SMILES string of the molecule is CC(/C=N/N(CCC#N)C(=S)Nc1ccc(Cl)cc1)C(F)(F)F. The van der Waals surface area contributed by atoms with Crippen molar-refractivity contribution in [2.75, 3.05) is 11.9 Å². The number of alkyl halides is 3. The molecule has 0 amide bonds. The summed E-state index contributed by atoms with van der Waals surface area (Å²) >= 11 is 10.9. The number of hydrogen-bond donors (Lipinski definition) is 1. The Morgan fingerprint density at radius 3 is 2.61 bits per heavy atom. The van der Waals surface area contributed by atoms with Gasteiger partial charge in [-0.15, -0.1) is 0 Å². The summed E-state index contributed by atoms with van der Waals surface area (Å²) in [4.78, 5) is 0. The van der Waals surface area contributed by atoms with Crippen LogP contribution in [0.15, 0.2) is 29.4 Å². The van der Waals surface area contributed by atoms with Crippen molar-refractivity contribution in [3.63, 3.8) is 0 Å². The molecule has 1 aromatic carbocycles. The van der Waals surface area contributed by atoms with Crippen LogP contribution in [0.3, 0.4) is 0 Å². The van der Waals surface area contributed by atoms with E-state index in [4.69, 9.17) is 29.1 Å². The largest absolute Gasteiger partial charge is 0.396 e. The molecular formula is C14H14ClF3N4S. The van der Waals surface area contributed by atoms with Gasteiger partial charge < -0.3 is 5.32 Å². The fourth-order valence-electron chi connectivity index (χ4n) is 1.35. The van der Waals surface area contributed by atoms with Crippen molar-refractivity contribution in [2.45, 2.75) is 19.5 Å². The Hall–Kier alpha value is -1.85. The minimum Gasteiger partial charge on any atom is -0.331 e. The average molecular weight is 363 g/mol. The lowest BCUT2D eigenvalue weighted by Gasteiger charge is -2.20. The minimum atomic E-state index is -4.38. The summed E-state index contributed by atoms with van der Waals surface area (Å²) < 4.78 is 37.5. The quantitative estimate of drug-likeness (QED) is 0.478. The van der Waals surface area contributed by atoms with Gasteiger partial charge in [0, 0.05) is 16.9 Å². The molecule has 0 aromatic heterocycles. The second-order valence-corrected chi connectivity index (χ2v) is 5.39. The summed E-state index contributed by atoms with van der Waals surface area (Å²) in [5.41, 5.74) is 0.612. The first-order valence-electron chi connectivity index (χ1n) is 6.56. The van der Waals surface area contributed by atoms with E-state index < -0.39 is 12.1 Å². The number of hydrogen-bond acceptors (Lipinski definition) is 3. The van der Waals surface area contributed by atoms with E-state index >= 15 is 0 Å². The molecule has 1 rings (SSSR count). The van der Waals surface area contributed by atoms with E-state index in [2.05, 4.69) is 10.4 Å². The Balaban J connectivity index is 2.80. The highest BCUT2D eigenvalue weighted by Crippen LogP contribution is 2.24. The molecule has 0 aliphatic rings. The van der Waals surface area contributed by atoms with Gasteiger partial charge in [0.2, 0.25) is 0 Å². The number of nitrogens with one attached hydrogen (secondary N) is 1. The molecule has 0 fully saturated rings. The fraction of sp³-hybridized carbons (Fsp3) is 0.357. The van der Waals surface area contributed by atoms with Gasteiger partial charge in [-0.2, -0.15) is 23.5 Å². The molecule has 1 atom stereocenters. The van der Waals surface area contributed by atoms with Crippen LogP contribution in [0.5, 0.6) is 0 Å². The molecular weight excluding hydrogens is 349 g/mol. The Morgan fingerprint density at radius 1 is 1.48 bits per heavy atom. The van der Waals surface area contributed by atoms with Crippen molar-refractivity contribution in [3.8, 4) is 6.07 Å². The number of rotatable bonds is 5. The first-order valence-corrected chi connectivity index (χ1v) is 7.34. The molecule has 1 aromatic rings. The number of benzene rings is 1. The highest BCUT2D eigenvalue weighted by Gasteiger charge is 2.34. The number of hydrazone groups is 1. The summed E-state index contributed by atoms with van der Waals surface area (Å²) in [6.07, 6.45) is -3.55. The molecule has 23 heavy (non-hydrogen) atoms. The predicted molar refractivity (Wildman–Crippen MR) is 88.3 cm³/mol. The predicted octanol–water partition coefficient (Wildman–Crippen LogP) is 4.44. The lowest BCUT2D eigenvalue weighted by molar-refractivity contribution is -0.149. The van der Waals surface area contributed by atoms with Crippen LogP contribution in [-0.2, 0) is 0 Å². The molecule has 1 unspecified atom stereocenters. The molecule has 0 aliphatic heterocycles. The Kier molecular flexibility index (Phi) is 7.26. The van der Waals surface area contributed by atoms with Crippen LogP contribution in [0.1, 0.15) is 13.3 Å². The van der Waals surface area contributed by atoms with E-state index in [9.17, 15) is 13.2 Å². The van der Waals surface area contributed by atoms with E-state index in [0.29, 0.717) is 10.7 Å². The lowest BCUT2D eigenvalue weighted by Crippen LogP contribution is -2.32. The number of thiocarbonyl (C=S) groups is 1. The zero-order chi connectivity index (χ0) is 17.5. The smallest absolute Gasteiger partial charge is 0.331 e. The number of nitrogens with zero attached hydrogens (tertiary/aromatic N) is 3. The van der Waals surface area contributed by atoms with Crippen molar-refractivity contribution >= 4 is 40.8 Å². The molecule has 0 heterocycles. The zero-order valence-corrected chi connectivity index (χ0v) is 13.7. The van der Waals surface area contributed by atoms with Gasteiger partial charge in [-0.05, 0) is 43.4 Å². The molecule has 0 aliphatic carbocycles. The van der Waals surface area contributed by atoms with E-state index in [-0.39, 0.29) is 18.1 Å². The molecule has 0 spiro atoms. The van der Waals surface area contributed by atoms with Crippen LogP contribution in [-0.4, -0.2) is 29.1 Å². The first-order chi connectivity index (χ1) is 10.7. The molecule has 4 nitrogen and oxygen atoms in total. The lowest BCUT2D eigenvalue weighted by atomic mass is 10.2. The van der Waals surface area contributed by atoms with Crippen molar-refractivity contribution < 1.29 is 13.2 Å². The van der Waals surface area contributed by atoms with Gasteiger partial charge in [0.05, 0.1) is 25.0 Å². The summed E-state index contributed by atoms with van der Waals surface area (Å²) in [6.45, 7) is 1.07. The topological polar surface area (TPSA) is 51.4 Å². The van der Waals surface area contributed by atoms with Crippen LogP contribution < -0.4 is 5.32 Å². The van der Waals surface area contributed by atoms with Gasteiger partial charge in [0.25, 0.3) is 0 Å². The summed E-state index contributed by atoms with van der Waals surface area (Å²) in [5.74, 6) is -1.72. The molecule has 0 saturated carbocycles. The standard InChI is InChI=1S/C14H14ClF3N4S/c1-10(14(16,17)18)9-20-22(8-2-7-19)13(23)21-12-5-3-11(15)4-6-12/h3-6,9-10H,2,8H2,1H3,(H,21,23)/b20-9+. The number of nitriles is 1. The van der Waals surface area contributed by atoms with Gasteiger partial charge in [-0.3, -0.25) is 0 Å². The fourth-order valence-corrected chi connectivity index (χ4v) is 1.74. The van der Waals surface area contributed by atoms with Crippen molar-refractivity contribution in [1.82, 2.24) is 5.01 Å². The Labute approximate surface area is 142 Å². The van der Waals surface area contributed by atoms with E-state index in [1.54, 1.807) is 24.3 Å². The van der Waals surface area contributed by atoms with E-state index in [0.717, 1.165) is 18.1 Å². The molecule has 1 N–H and O–H groups in total. The third-order valence-corrected chi connectivity index (χ3v) is 3.28. The second kappa shape index (κ2) is 8.70. The zero-order valence-electron chi connectivity index (χ0n) is 12.1. The van der Waals surface area contributed by atoms with Crippen molar-refractivity contribution in [1.29, 1.82) is 5.26 Å².